The lowest BCUT2D eigenvalue weighted by atomic mass is 18.9. The van der Waals surface area contributed by atoms with E-state index in [1.807, 2.05) is 0 Å². The summed E-state index contributed by atoms with van der Waals surface area (Å²) in [6, 6.07) is 0. The summed E-state index contributed by atoms with van der Waals surface area (Å²) in [7, 11) is 0. The lowest BCUT2D eigenvalue weighted by Crippen LogP contribution is -2.40. The number of hydrogen-bond acceptors (Lipinski definition) is 42. The first kappa shape index (κ1) is 81.9. The molecule has 0 radical (unpaired) electrons. The molecular weight excluding hydrogens is 2070 g/mol. The third-order valence-corrected chi connectivity index (χ3v) is 401. The SMILES string of the molecule is FS(=S)(=S)S(=S)(=S)S(=S)(=S)S(=S)(=S)S(=S)(=S)S(=S)(=S)S(=S)(=S)S(=S)(=S)S(=S)(=S)S(=S)(=S)S(=S)(=S)S(=S)(=S)S(=S)(=S)S(=S)(=S)S(=S)(=S)S(=S)(=S)S(=S)(=S)S(=S)(=S)S(=S)(=S)S(=S)(=S)S(=S)(=S)S. The Morgan fingerprint density at radius 3 is 0.308 bits per heavy atom. The van der Waals surface area contributed by atoms with Crippen LogP contribution in [-0.2, 0) is 581 Å². The summed E-state index contributed by atoms with van der Waals surface area (Å²) < 4.78 is 15.3. The van der Waals surface area contributed by atoms with Crippen molar-refractivity contribution in [1.82, 2.24) is 0 Å². The van der Waals surface area contributed by atoms with Gasteiger partial charge in [0, 0.05) is 99.0 Å². The van der Waals surface area contributed by atoms with E-state index in [9.17, 15) is 0 Å². The van der Waals surface area contributed by atoms with E-state index < -0.39 is 111 Å². The van der Waals surface area contributed by atoms with Crippen LogP contribution in [0, 0.1) is 0 Å². The molecule has 0 unspecified atom stereocenters. The van der Waals surface area contributed by atoms with Gasteiger partial charge < -0.3 is 0 Å². The summed E-state index contributed by atoms with van der Waals surface area (Å²) >= 11 is 249. The Bertz CT molecular complexity index is 4380. The van der Waals surface area contributed by atoms with Crippen LogP contribution in [0.5, 0.6) is 0 Å². The zero-order valence-electron chi connectivity index (χ0n) is 26.5. The second-order valence-corrected chi connectivity index (χ2v) is 228. The van der Waals surface area contributed by atoms with Crippen LogP contribution < -0.4 is 0 Å². The van der Waals surface area contributed by atoms with Crippen molar-refractivity contribution < 1.29 is 3.89 Å². The third kappa shape index (κ3) is 13.0. The molecule has 0 aliphatic rings. The highest BCUT2D eigenvalue weighted by molar-refractivity contribution is 9.80. The van der Waals surface area contributed by atoms with E-state index in [4.69, 9.17) is 470 Å². The Hall–Kier alpha value is 16.9. The molecule has 0 rings (SSSR count). The van der Waals surface area contributed by atoms with Gasteiger partial charge in [0.05, 0.1) is 5.21 Å². The molecule has 0 saturated heterocycles. The molecule has 65 heavy (non-hydrogen) atoms. The maximum Gasteiger partial charge on any atom is 0.131 e. The molecule has 65 heteroatoms. The second-order valence-electron chi connectivity index (χ2n) is 8.58. The van der Waals surface area contributed by atoms with Crippen molar-refractivity contribution in [3.63, 3.8) is 0 Å². The Balaban J connectivity index is 8.57. The van der Waals surface area contributed by atoms with E-state index in [1.165, 1.54) is 0 Å². The van der Waals surface area contributed by atoms with E-state index in [2.05, 4.69) is 11.7 Å². The molecule has 392 valence electrons. The highest BCUT2D eigenvalue weighted by Gasteiger charge is 2.47. The van der Waals surface area contributed by atoms with Gasteiger partial charge in [-0.05, 0) is 470 Å². The smallest absolute Gasteiger partial charge is 0.131 e. The molecule has 0 atom stereocenters. The van der Waals surface area contributed by atoms with Gasteiger partial charge in [-0.1, -0.05) is 11.7 Å². The molecule has 0 aliphatic heterocycles. The fourth-order valence-corrected chi connectivity index (χ4v) is 466. The van der Waals surface area contributed by atoms with Crippen LogP contribution in [0.15, 0.2) is 0 Å². The fourth-order valence-electron chi connectivity index (χ4n) is 1.94. The summed E-state index contributed by atoms with van der Waals surface area (Å²) in [6.45, 7) is -4.16. The molecule has 0 aromatic carbocycles. The van der Waals surface area contributed by atoms with Gasteiger partial charge in [-0.2, -0.15) is 0 Å². The Morgan fingerprint density at radius 1 is 0.154 bits per heavy atom. The number of thiol groups is 1. The van der Waals surface area contributed by atoms with E-state index >= 15 is 3.89 Å². The van der Waals surface area contributed by atoms with Crippen LogP contribution >= 0.6 is 11.7 Å². The van der Waals surface area contributed by atoms with Crippen molar-refractivity contribution in [3.05, 3.63) is 0 Å². The summed E-state index contributed by atoms with van der Waals surface area (Å²) in [4.78, 5) is 0. The number of halogens is 1. The molecule has 0 bridgehead atoms. The summed E-state index contributed by atoms with van der Waals surface area (Å²) in [5.41, 5.74) is 0. The number of hydrogen-bond donors (Lipinski definition) is 1. The second kappa shape index (κ2) is 25.3. The van der Waals surface area contributed by atoms with Crippen LogP contribution in [-0.4, -0.2) is 0 Å². The summed E-state index contributed by atoms with van der Waals surface area (Å²) in [5.74, 6) is 0. The van der Waals surface area contributed by atoms with Gasteiger partial charge in [0.25, 0.3) is 0 Å². The molecule has 0 aliphatic carbocycles. The highest BCUT2D eigenvalue weighted by atomic mass is 34.5. The molecule has 0 fully saturated rings. The maximum absolute atomic E-state index is 15.3. The standard InChI is InChI=1S/FHS64/c1-45(2,3)47(7,8)49(11,12)51(15,16)53(19,20)55(23,24)57(27,28)59(31,32)61(35,36)63(39,40)65(43,44)64(41,42)62(37,38)60(33,34)58(29,30)56(25,26)54(21,22)52(17,18)50(13,14)48(9,10)46(4,5)6/h(H,4,5,6). The summed E-state index contributed by atoms with van der Waals surface area (Å²) in [6.07, 6.45) is 0. The lowest BCUT2D eigenvalue weighted by molar-refractivity contribution is 0.944. The molecule has 0 aromatic heterocycles. The lowest BCUT2D eigenvalue weighted by Gasteiger charge is -2.36. The van der Waals surface area contributed by atoms with E-state index in [0.717, 1.165) is 0 Å². The van der Waals surface area contributed by atoms with Crippen LogP contribution in [0.4, 0.5) is 3.89 Å². The van der Waals surface area contributed by atoms with Gasteiger partial charge >= 0.3 is 0 Å². The largest absolute Gasteiger partial charge is 0.147 e. The van der Waals surface area contributed by atoms with Gasteiger partial charge in [-0.3, -0.25) is 0 Å². The van der Waals surface area contributed by atoms with Gasteiger partial charge in [0.15, 0.2) is 0 Å². The quantitative estimate of drug-likeness (QED) is 0.103. The summed E-state index contributed by atoms with van der Waals surface area (Å²) in [5, 5.41) is -75.7. The minimum absolute atomic E-state index is 2.98. The van der Waals surface area contributed by atoms with Crippen LogP contribution in [0.2, 0.25) is 0 Å². The molecule has 0 spiro atoms. The van der Waals surface area contributed by atoms with Gasteiger partial charge in [-0.25, -0.2) is 0 Å². The van der Waals surface area contributed by atoms with Crippen molar-refractivity contribution in [2.45, 2.75) is 0 Å². The van der Waals surface area contributed by atoms with Gasteiger partial charge in [-0.15, -0.1) is 3.89 Å². The average Bonchev–Trinajstić information content (AvgIpc) is 3.05. The minimum atomic E-state index is -4.16. The van der Waals surface area contributed by atoms with Crippen molar-refractivity contribution in [2.75, 3.05) is 0 Å². The topological polar surface area (TPSA) is 0 Å². The zero-order valence-corrected chi connectivity index (χ0v) is 78.9. The number of rotatable bonds is 20. The third-order valence-electron chi connectivity index (χ3n) is 5.00. The Morgan fingerprint density at radius 2 is 0.231 bits per heavy atom. The van der Waals surface area contributed by atoms with Crippen LogP contribution in [0.1, 0.15) is 0 Å². The van der Waals surface area contributed by atoms with Crippen molar-refractivity contribution in [3.8, 4) is 0 Å². The van der Waals surface area contributed by atoms with Gasteiger partial charge in [0.2, 0.25) is 0 Å². The van der Waals surface area contributed by atoms with Crippen LogP contribution in [0.25, 0.3) is 0 Å². The molecular formula is HFS64. The van der Waals surface area contributed by atoms with Crippen molar-refractivity contribution >= 4 is 592 Å². The van der Waals surface area contributed by atoms with Crippen molar-refractivity contribution in [1.29, 1.82) is 0 Å². The zero-order chi connectivity index (χ0) is 54.5. The highest BCUT2D eigenvalue weighted by Crippen LogP contribution is 2.44. The molecule has 0 N–H and O–H groups in total. The molecule has 0 nitrogen and oxygen atoms in total. The first-order valence-electron chi connectivity index (χ1n) is 10.7. The normalized spacial score (nSPS) is 16.9. The predicted octanol–water partition coefficient (Wildman–Crippen LogP) is 0.649. The minimum Gasteiger partial charge on any atom is -0.147 e. The van der Waals surface area contributed by atoms with E-state index in [1.54, 1.807) is 0 Å². The molecule has 0 aromatic rings. The molecule has 0 amide bonds. The average molecular weight is 2070 g/mol. The Labute approximate surface area is 578 Å². The monoisotopic (exact) mass is 2070 g/mol. The first-order valence-corrected chi connectivity index (χ1v) is 95.1. The van der Waals surface area contributed by atoms with Crippen molar-refractivity contribution in [2.24, 2.45) is 0 Å². The molecule has 0 heterocycles. The first-order chi connectivity index (χ1) is 27.0. The van der Waals surface area contributed by atoms with E-state index in [0.29, 0.717) is 0 Å². The predicted molar refractivity (Wildman–Crippen MR) is 474 cm³/mol. The fraction of sp³-hybridized carbons (Fsp3) is 0. The Kier molecular flexibility index (Phi) is 31.8. The van der Waals surface area contributed by atoms with Crippen LogP contribution in [0.3, 0.4) is 0 Å². The maximum atomic E-state index is 15.3. The van der Waals surface area contributed by atoms with Gasteiger partial charge in [0.1, 0.15) is 6.56 Å². The molecule has 0 saturated carbocycles. The van der Waals surface area contributed by atoms with E-state index in [-0.39, 0.29) is 0 Å².